The molecule has 3 nitrogen and oxygen atoms in total. The molecule has 110 valence electrons. The van der Waals surface area contributed by atoms with Crippen LogP contribution in [0.5, 0.6) is 0 Å². The second-order valence-corrected chi connectivity index (χ2v) is 4.73. The second-order valence-electron chi connectivity index (χ2n) is 4.73. The predicted molar refractivity (Wildman–Crippen MR) is 79.3 cm³/mol. The number of carbonyl (C=O) groups excluding carboxylic acids is 1. The molecule has 0 aliphatic rings. The van der Waals surface area contributed by atoms with Crippen molar-refractivity contribution in [1.82, 2.24) is 0 Å². The van der Waals surface area contributed by atoms with Gasteiger partial charge in [-0.3, -0.25) is 4.79 Å². The summed E-state index contributed by atoms with van der Waals surface area (Å²) in [5.74, 6) is -1.61. The summed E-state index contributed by atoms with van der Waals surface area (Å²) in [7, 11) is 0. The van der Waals surface area contributed by atoms with Crippen LogP contribution in [0, 0.1) is 18.6 Å². The van der Waals surface area contributed by atoms with Crippen LogP contribution in [0.15, 0.2) is 36.4 Å². The van der Waals surface area contributed by atoms with Crippen LogP contribution in [-0.2, 0) is 0 Å². The highest BCUT2D eigenvalue weighted by Gasteiger charge is 2.21. The summed E-state index contributed by atoms with van der Waals surface area (Å²) < 4.78 is 27.5. The van der Waals surface area contributed by atoms with Crippen LogP contribution >= 0.6 is 0 Å². The first-order valence-electron chi connectivity index (χ1n) is 6.57. The third kappa shape index (κ3) is 3.02. The largest absolute Gasteiger partial charge is 0.399 e. The summed E-state index contributed by atoms with van der Waals surface area (Å²) in [6.45, 7) is 3.57. The number of amides is 1. The number of benzene rings is 2. The van der Waals surface area contributed by atoms with E-state index in [0.717, 1.165) is 0 Å². The van der Waals surface area contributed by atoms with E-state index >= 15 is 0 Å². The number of hydrogen-bond acceptors (Lipinski definition) is 2. The van der Waals surface area contributed by atoms with Crippen LogP contribution in [0.4, 0.5) is 20.2 Å². The molecule has 0 aromatic heterocycles. The molecule has 21 heavy (non-hydrogen) atoms. The molecule has 0 unspecified atom stereocenters. The average Bonchev–Trinajstić information content (AvgIpc) is 2.43. The third-order valence-electron chi connectivity index (χ3n) is 3.19. The summed E-state index contributed by atoms with van der Waals surface area (Å²) in [6.07, 6.45) is 0. The lowest BCUT2D eigenvalue weighted by atomic mass is 10.1. The Balaban J connectivity index is 2.46. The summed E-state index contributed by atoms with van der Waals surface area (Å²) >= 11 is 0. The van der Waals surface area contributed by atoms with Gasteiger partial charge in [-0.1, -0.05) is 6.07 Å². The van der Waals surface area contributed by atoms with E-state index in [9.17, 15) is 13.6 Å². The first-order valence-corrected chi connectivity index (χ1v) is 6.57. The van der Waals surface area contributed by atoms with Crippen LogP contribution in [0.2, 0.25) is 0 Å². The molecule has 0 atom stereocenters. The first kappa shape index (κ1) is 15.0. The van der Waals surface area contributed by atoms with Crippen molar-refractivity contribution in [2.45, 2.75) is 13.8 Å². The number of nitrogens with zero attached hydrogens (tertiary/aromatic N) is 1. The fourth-order valence-corrected chi connectivity index (χ4v) is 2.19. The smallest absolute Gasteiger partial charge is 0.261 e. The van der Waals surface area contributed by atoms with Crippen LogP contribution < -0.4 is 10.6 Å². The molecule has 0 saturated heterocycles. The molecule has 0 aliphatic heterocycles. The van der Waals surface area contributed by atoms with Crippen LogP contribution in [-0.4, -0.2) is 12.5 Å². The number of nitrogens with two attached hydrogens (primary N) is 1. The van der Waals surface area contributed by atoms with Gasteiger partial charge in [0.15, 0.2) is 0 Å². The Hall–Kier alpha value is -2.43. The lowest BCUT2D eigenvalue weighted by Crippen LogP contribution is -2.31. The SMILES string of the molecule is CCN(C(=O)c1cc(N)cc(C)c1F)c1cccc(F)c1. The topological polar surface area (TPSA) is 46.3 Å². The maximum Gasteiger partial charge on any atom is 0.261 e. The van der Waals surface area contributed by atoms with E-state index in [2.05, 4.69) is 0 Å². The van der Waals surface area contributed by atoms with E-state index in [1.165, 1.54) is 35.2 Å². The average molecular weight is 290 g/mol. The maximum atomic E-state index is 14.1. The zero-order valence-electron chi connectivity index (χ0n) is 11.9. The Bertz CT molecular complexity index is 686. The Kier molecular flexibility index (Phi) is 4.21. The van der Waals surface area contributed by atoms with E-state index in [0.29, 0.717) is 16.9 Å². The van der Waals surface area contributed by atoms with Gasteiger partial charge < -0.3 is 10.6 Å². The lowest BCUT2D eigenvalue weighted by Gasteiger charge is -2.22. The van der Waals surface area contributed by atoms with Crippen molar-refractivity contribution in [2.24, 2.45) is 0 Å². The molecule has 0 fully saturated rings. The van der Waals surface area contributed by atoms with Crippen molar-refractivity contribution in [3.8, 4) is 0 Å². The standard InChI is InChI=1S/C16H16F2N2O/c1-3-20(13-6-4-5-11(17)8-13)16(21)14-9-12(19)7-10(2)15(14)18/h4-9H,3,19H2,1-2H3. The van der Waals surface area contributed by atoms with Gasteiger partial charge >= 0.3 is 0 Å². The number of halogens is 2. The number of nitrogen functional groups attached to an aromatic ring is 1. The molecule has 0 aliphatic carbocycles. The van der Waals surface area contributed by atoms with Crippen LogP contribution in [0.1, 0.15) is 22.8 Å². The third-order valence-corrected chi connectivity index (χ3v) is 3.19. The number of aryl methyl sites for hydroxylation is 1. The van der Waals surface area contributed by atoms with Gasteiger partial charge in [0.25, 0.3) is 5.91 Å². The lowest BCUT2D eigenvalue weighted by molar-refractivity contribution is 0.0984. The summed E-state index contributed by atoms with van der Waals surface area (Å²) in [4.78, 5) is 13.8. The number of hydrogen-bond donors (Lipinski definition) is 1. The molecule has 2 aromatic rings. The van der Waals surface area contributed by atoms with Gasteiger partial charge in [0.2, 0.25) is 0 Å². The highest BCUT2D eigenvalue weighted by molar-refractivity contribution is 6.06. The molecule has 5 heteroatoms. The number of rotatable bonds is 3. The molecular weight excluding hydrogens is 274 g/mol. The zero-order valence-corrected chi connectivity index (χ0v) is 11.9. The Morgan fingerprint density at radius 2 is 1.95 bits per heavy atom. The van der Waals surface area contributed by atoms with Gasteiger partial charge in [-0.15, -0.1) is 0 Å². The summed E-state index contributed by atoms with van der Waals surface area (Å²) in [5, 5.41) is 0. The molecule has 2 rings (SSSR count). The highest BCUT2D eigenvalue weighted by Crippen LogP contribution is 2.22. The predicted octanol–water partition coefficient (Wildman–Crippen LogP) is 3.52. The molecule has 0 bridgehead atoms. The molecule has 1 amide bonds. The molecule has 2 N–H and O–H groups in total. The van der Waals surface area contributed by atoms with Crippen molar-refractivity contribution in [2.75, 3.05) is 17.2 Å². The highest BCUT2D eigenvalue weighted by atomic mass is 19.1. The minimum Gasteiger partial charge on any atom is -0.399 e. The molecule has 2 aromatic carbocycles. The fourth-order valence-electron chi connectivity index (χ4n) is 2.19. The Morgan fingerprint density at radius 3 is 2.57 bits per heavy atom. The van der Waals surface area contributed by atoms with Gasteiger partial charge in [0.05, 0.1) is 5.56 Å². The van der Waals surface area contributed by atoms with Gasteiger partial charge in [0, 0.05) is 17.9 Å². The summed E-state index contributed by atoms with van der Waals surface area (Å²) in [6, 6.07) is 8.38. The van der Waals surface area contributed by atoms with Crippen molar-refractivity contribution >= 4 is 17.3 Å². The zero-order chi connectivity index (χ0) is 15.6. The van der Waals surface area contributed by atoms with Crippen LogP contribution in [0.3, 0.4) is 0 Å². The molecule has 0 spiro atoms. The molecule has 0 radical (unpaired) electrons. The van der Waals surface area contributed by atoms with Gasteiger partial charge in [-0.05, 0) is 49.7 Å². The van der Waals surface area contributed by atoms with Crippen molar-refractivity contribution in [3.05, 3.63) is 59.2 Å². The van der Waals surface area contributed by atoms with Gasteiger partial charge in [-0.25, -0.2) is 8.78 Å². The minimum absolute atomic E-state index is 0.112. The first-order chi connectivity index (χ1) is 9.93. The molecular formula is C16H16F2N2O. The van der Waals surface area contributed by atoms with Gasteiger partial charge in [0.1, 0.15) is 11.6 Å². The second kappa shape index (κ2) is 5.91. The van der Waals surface area contributed by atoms with E-state index in [1.54, 1.807) is 19.9 Å². The fraction of sp³-hybridized carbons (Fsp3) is 0.188. The van der Waals surface area contributed by atoms with E-state index in [-0.39, 0.29) is 12.1 Å². The van der Waals surface area contributed by atoms with E-state index in [1.807, 2.05) is 0 Å². The normalized spacial score (nSPS) is 10.5. The minimum atomic E-state index is -0.607. The number of anilines is 2. The van der Waals surface area contributed by atoms with Crippen molar-refractivity contribution < 1.29 is 13.6 Å². The summed E-state index contributed by atoms with van der Waals surface area (Å²) in [5.41, 5.74) is 6.55. The molecule has 0 heterocycles. The van der Waals surface area contributed by atoms with E-state index in [4.69, 9.17) is 5.73 Å². The Labute approximate surface area is 122 Å². The maximum absolute atomic E-state index is 14.1. The quantitative estimate of drug-likeness (QED) is 0.879. The Morgan fingerprint density at radius 1 is 1.24 bits per heavy atom. The number of carbonyl (C=O) groups is 1. The van der Waals surface area contributed by atoms with Crippen LogP contribution in [0.25, 0.3) is 0 Å². The van der Waals surface area contributed by atoms with Gasteiger partial charge in [-0.2, -0.15) is 0 Å². The van der Waals surface area contributed by atoms with Crippen molar-refractivity contribution in [1.29, 1.82) is 0 Å². The van der Waals surface area contributed by atoms with E-state index < -0.39 is 17.5 Å². The monoisotopic (exact) mass is 290 g/mol. The molecule has 0 saturated carbocycles. The van der Waals surface area contributed by atoms with Crippen molar-refractivity contribution in [3.63, 3.8) is 0 Å².